The van der Waals surface area contributed by atoms with Crippen molar-refractivity contribution in [3.05, 3.63) is 17.5 Å². The molecule has 1 heterocycles. The van der Waals surface area contributed by atoms with Crippen LogP contribution in [0.4, 0.5) is 5.95 Å². The second-order valence-electron chi connectivity index (χ2n) is 6.32. The summed E-state index contributed by atoms with van der Waals surface area (Å²) in [6.07, 6.45) is 1.54. The number of anilines is 1. The van der Waals surface area contributed by atoms with Crippen LogP contribution < -0.4 is 5.73 Å². The van der Waals surface area contributed by atoms with Crippen LogP contribution in [-0.2, 0) is 5.41 Å². The van der Waals surface area contributed by atoms with Crippen molar-refractivity contribution in [2.75, 3.05) is 5.73 Å². The van der Waals surface area contributed by atoms with Gasteiger partial charge in [0.2, 0.25) is 5.95 Å². The van der Waals surface area contributed by atoms with Gasteiger partial charge in [0, 0.05) is 17.0 Å². The van der Waals surface area contributed by atoms with Crippen LogP contribution in [0.2, 0.25) is 0 Å². The Morgan fingerprint density at radius 2 is 1.71 bits per heavy atom. The van der Waals surface area contributed by atoms with E-state index in [1.165, 1.54) is 6.20 Å². The monoisotopic (exact) mass is 235 g/mol. The average molecular weight is 235 g/mol. The van der Waals surface area contributed by atoms with Crippen LogP contribution in [0, 0.1) is 5.41 Å². The molecule has 0 aromatic carbocycles. The Morgan fingerprint density at radius 3 is 2.12 bits per heavy atom. The van der Waals surface area contributed by atoms with E-state index in [1.807, 2.05) is 41.5 Å². The van der Waals surface area contributed by atoms with Gasteiger partial charge >= 0.3 is 0 Å². The Morgan fingerprint density at radius 1 is 1.18 bits per heavy atom. The van der Waals surface area contributed by atoms with Crippen LogP contribution in [0.5, 0.6) is 0 Å². The smallest absolute Gasteiger partial charge is 0.220 e. The molecule has 0 aliphatic carbocycles. The Hall–Kier alpha value is -1.45. The lowest BCUT2D eigenvalue weighted by Crippen LogP contribution is -2.27. The van der Waals surface area contributed by atoms with Gasteiger partial charge in [0.05, 0.1) is 11.3 Å². The number of hydrogen-bond donors (Lipinski definition) is 1. The van der Waals surface area contributed by atoms with Crippen LogP contribution >= 0.6 is 0 Å². The van der Waals surface area contributed by atoms with Gasteiger partial charge in [0.1, 0.15) is 0 Å². The number of carbonyl (C=O) groups is 1. The minimum atomic E-state index is -0.445. The number of rotatable bonds is 1. The van der Waals surface area contributed by atoms with E-state index in [-0.39, 0.29) is 17.1 Å². The fourth-order valence-electron chi connectivity index (χ4n) is 1.54. The fraction of sp³-hybridized carbons (Fsp3) is 0.615. The number of nitrogens with two attached hydrogens (primary N) is 1. The third-order valence-electron chi connectivity index (χ3n) is 2.44. The van der Waals surface area contributed by atoms with E-state index in [0.717, 1.165) is 0 Å². The molecule has 0 aliphatic heterocycles. The molecule has 0 saturated heterocycles. The van der Waals surface area contributed by atoms with Gasteiger partial charge in [-0.2, -0.15) is 0 Å². The van der Waals surface area contributed by atoms with Gasteiger partial charge in [-0.05, 0) is 0 Å². The van der Waals surface area contributed by atoms with Crippen molar-refractivity contribution < 1.29 is 4.79 Å². The Kier molecular flexibility index (Phi) is 3.28. The lowest BCUT2D eigenvalue weighted by molar-refractivity contribution is 0.0855. The number of hydrogen-bond acceptors (Lipinski definition) is 4. The van der Waals surface area contributed by atoms with E-state index in [2.05, 4.69) is 9.97 Å². The summed E-state index contributed by atoms with van der Waals surface area (Å²) < 4.78 is 0. The molecule has 0 spiro atoms. The second-order valence-corrected chi connectivity index (χ2v) is 6.32. The van der Waals surface area contributed by atoms with E-state index in [9.17, 15) is 4.79 Å². The minimum Gasteiger partial charge on any atom is -0.368 e. The van der Waals surface area contributed by atoms with E-state index >= 15 is 0 Å². The molecule has 0 fully saturated rings. The second kappa shape index (κ2) is 4.09. The first-order valence-electron chi connectivity index (χ1n) is 5.71. The fourth-order valence-corrected chi connectivity index (χ4v) is 1.54. The van der Waals surface area contributed by atoms with Gasteiger partial charge < -0.3 is 5.73 Å². The molecule has 0 unspecified atom stereocenters. The first kappa shape index (κ1) is 13.6. The summed E-state index contributed by atoms with van der Waals surface area (Å²) in [6, 6.07) is 0. The van der Waals surface area contributed by atoms with Crippen molar-refractivity contribution in [3.63, 3.8) is 0 Å². The third kappa shape index (κ3) is 3.02. The lowest BCUT2D eigenvalue weighted by atomic mass is 9.81. The van der Waals surface area contributed by atoms with Crippen LogP contribution in [0.15, 0.2) is 6.20 Å². The van der Waals surface area contributed by atoms with Crippen molar-refractivity contribution in [3.8, 4) is 0 Å². The molecule has 4 nitrogen and oxygen atoms in total. The van der Waals surface area contributed by atoms with Crippen LogP contribution in [0.3, 0.4) is 0 Å². The minimum absolute atomic E-state index is 0.0439. The third-order valence-corrected chi connectivity index (χ3v) is 2.44. The maximum atomic E-state index is 12.3. The quantitative estimate of drug-likeness (QED) is 0.760. The molecule has 0 atom stereocenters. The normalized spacial score (nSPS) is 12.6. The van der Waals surface area contributed by atoms with E-state index in [1.54, 1.807) is 0 Å². The topological polar surface area (TPSA) is 68.9 Å². The van der Waals surface area contributed by atoms with Gasteiger partial charge in [-0.1, -0.05) is 41.5 Å². The summed E-state index contributed by atoms with van der Waals surface area (Å²) in [5.74, 6) is 0.253. The Bertz CT molecular complexity index is 439. The first-order valence-corrected chi connectivity index (χ1v) is 5.71. The summed E-state index contributed by atoms with van der Waals surface area (Å²) in [4.78, 5) is 20.5. The number of nitrogen functional groups attached to an aromatic ring is 1. The molecule has 2 N–H and O–H groups in total. The lowest BCUT2D eigenvalue weighted by Gasteiger charge is -2.24. The van der Waals surface area contributed by atoms with Gasteiger partial charge in [-0.3, -0.25) is 4.79 Å². The Balaban J connectivity index is 3.40. The molecule has 1 aromatic rings. The summed E-state index contributed by atoms with van der Waals surface area (Å²) >= 11 is 0. The summed E-state index contributed by atoms with van der Waals surface area (Å²) in [6.45, 7) is 11.7. The number of ketones is 1. The van der Waals surface area contributed by atoms with Crippen molar-refractivity contribution >= 4 is 11.7 Å². The highest BCUT2D eigenvalue weighted by molar-refractivity contribution is 6.00. The zero-order valence-corrected chi connectivity index (χ0v) is 11.5. The van der Waals surface area contributed by atoms with Crippen LogP contribution in [0.1, 0.15) is 57.6 Å². The molecule has 1 rings (SSSR count). The highest BCUT2D eigenvalue weighted by atomic mass is 16.1. The number of nitrogens with zero attached hydrogens (tertiary/aromatic N) is 2. The highest BCUT2D eigenvalue weighted by Crippen LogP contribution is 2.29. The molecule has 17 heavy (non-hydrogen) atoms. The maximum Gasteiger partial charge on any atom is 0.220 e. The molecule has 0 amide bonds. The zero-order valence-electron chi connectivity index (χ0n) is 11.5. The summed E-state index contributed by atoms with van der Waals surface area (Å²) in [5.41, 5.74) is 6.21. The zero-order chi connectivity index (χ0) is 13.4. The van der Waals surface area contributed by atoms with Crippen LogP contribution in [0.25, 0.3) is 0 Å². The van der Waals surface area contributed by atoms with E-state index < -0.39 is 5.41 Å². The number of aromatic nitrogens is 2. The SMILES string of the molecule is CC(C)(C)C(=O)c1cnc(N)nc1C(C)(C)C. The molecular weight excluding hydrogens is 214 g/mol. The van der Waals surface area contributed by atoms with Crippen molar-refractivity contribution in [2.24, 2.45) is 5.41 Å². The molecule has 0 saturated carbocycles. The standard InChI is InChI=1S/C13H21N3O/c1-12(2,3)9-8(7-15-11(14)16-9)10(17)13(4,5)6/h7H,1-6H3,(H2,14,15,16). The predicted molar refractivity (Wildman–Crippen MR) is 68.9 cm³/mol. The largest absolute Gasteiger partial charge is 0.368 e. The van der Waals surface area contributed by atoms with Crippen molar-refractivity contribution in [2.45, 2.75) is 47.0 Å². The molecule has 94 valence electrons. The summed E-state index contributed by atoms with van der Waals surface area (Å²) in [5, 5.41) is 0. The van der Waals surface area contributed by atoms with Crippen molar-refractivity contribution in [1.82, 2.24) is 9.97 Å². The summed E-state index contributed by atoms with van der Waals surface area (Å²) in [7, 11) is 0. The molecule has 0 aliphatic rings. The van der Waals surface area contributed by atoms with Gasteiger partial charge in [-0.25, -0.2) is 9.97 Å². The van der Waals surface area contributed by atoms with Gasteiger partial charge in [-0.15, -0.1) is 0 Å². The first-order chi connectivity index (χ1) is 7.53. The molecule has 1 aromatic heterocycles. The van der Waals surface area contributed by atoms with Crippen molar-refractivity contribution in [1.29, 1.82) is 0 Å². The Labute approximate surface area is 103 Å². The van der Waals surface area contributed by atoms with Crippen LogP contribution in [-0.4, -0.2) is 15.8 Å². The highest BCUT2D eigenvalue weighted by Gasteiger charge is 2.30. The van der Waals surface area contributed by atoms with E-state index in [4.69, 9.17) is 5.73 Å². The predicted octanol–water partition coefficient (Wildman–Crippen LogP) is 2.59. The molecule has 0 radical (unpaired) electrons. The molecule has 0 bridgehead atoms. The number of carbonyl (C=O) groups excluding carboxylic acids is 1. The molecular formula is C13H21N3O. The number of Topliss-reactive ketones (excluding diaryl/α,β-unsaturated/α-hetero) is 1. The van der Waals surface area contributed by atoms with Gasteiger partial charge in [0.25, 0.3) is 0 Å². The molecule has 4 heteroatoms. The maximum absolute atomic E-state index is 12.3. The average Bonchev–Trinajstić information content (AvgIpc) is 2.14. The van der Waals surface area contributed by atoms with Gasteiger partial charge in [0.15, 0.2) is 5.78 Å². The van der Waals surface area contributed by atoms with E-state index in [0.29, 0.717) is 11.3 Å².